The summed E-state index contributed by atoms with van der Waals surface area (Å²) >= 11 is 6.01. The van der Waals surface area contributed by atoms with Crippen LogP contribution in [0.25, 0.3) is 0 Å². The van der Waals surface area contributed by atoms with Crippen LogP contribution in [0.2, 0.25) is 5.02 Å². The van der Waals surface area contributed by atoms with E-state index >= 15 is 0 Å². The van der Waals surface area contributed by atoms with Gasteiger partial charge in [0.1, 0.15) is 10.8 Å². The van der Waals surface area contributed by atoms with Gasteiger partial charge in [-0.2, -0.15) is 5.10 Å². The molecule has 0 unspecified atom stereocenters. The Labute approximate surface area is 126 Å². The van der Waals surface area contributed by atoms with E-state index in [2.05, 4.69) is 10.4 Å². The fourth-order valence-corrected chi connectivity index (χ4v) is 2.00. The van der Waals surface area contributed by atoms with E-state index in [0.717, 1.165) is 16.0 Å². The first-order valence-electron chi connectivity index (χ1n) is 6.39. The van der Waals surface area contributed by atoms with Crippen LogP contribution >= 0.6 is 11.6 Å². The number of aliphatic hydroxyl groups is 1. The molecule has 0 bridgehead atoms. The maximum absolute atomic E-state index is 11.9. The standard InChI is InChI=1S/C14H16ClN3O3/c1-21-11-4-2-10(3-5-11)8-16-12-9-17-18(6-7-19)14(20)13(12)15/h2-5,9,16,19H,6-8H2,1H3. The SMILES string of the molecule is COc1ccc(CNc2cnn(CCO)c(=O)c2Cl)cc1. The molecule has 0 saturated carbocycles. The highest BCUT2D eigenvalue weighted by Crippen LogP contribution is 2.17. The van der Waals surface area contributed by atoms with Crippen molar-refractivity contribution in [3.8, 4) is 5.75 Å². The highest BCUT2D eigenvalue weighted by molar-refractivity contribution is 6.32. The van der Waals surface area contributed by atoms with E-state index < -0.39 is 5.56 Å². The second-order valence-electron chi connectivity index (χ2n) is 4.33. The molecule has 2 aromatic rings. The number of rotatable bonds is 6. The predicted octanol–water partition coefficient (Wildman–Crippen LogP) is 1.51. The number of aromatic nitrogens is 2. The topological polar surface area (TPSA) is 76.4 Å². The van der Waals surface area contributed by atoms with Gasteiger partial charge >= 0.3 is 0 Å². The van der Waals surface area contributed by atoms with Crippen LogP contribution < -0.4 is 15.6 Å². The first kappa shape index (κ1) is 15.3. The van der Waals surface area contributed by atoms with E-state index in [1.54, 1.807) is 7.11 Å². The van der Waals surface area contributed by atoms with Crippen molar-refractivity contribution in [2.75, 3.05) is 19.0 Å². The zero-order valence-electron chi connectivity index (χ0n) is 11.5. The Morgan fingerprint density at radius 3 is 2.71 bits per heavy atom. The third kappa shape index (κ3) is 3.74. The average molecular weight is 310 g/mol. The van der Waals surface area contributed by atoms with Crippen molar-refractivity contribution < 1.29 is 9.84 Å². The van der Waals surface area contributed by atoms with Crippen molar-refractivity contribution in [1.82, 2.24) is 9.78 Å². The Balaban J connectivity index is 2.09. The normalized spacial score (nSPS) is 10.4. The van der Waals surface area contributed by atoms with Gasteiger partial charge in [0.15, 0.2) is 0 Å². The monoisotopic (exact) mass is 309 g/mol. The van der Waals surface area contributed by atoms with Gasteiger partial charge in [-0.25, -0.2) is 4.68 Å². The Hall–Kier alpha value is -2.05. The maximum Gasteiger partial charge on any atom is 0.287 e. The largest absolute Gasteiger partial charge is 0.497 e. The molecule has 0 aliphatic carbocycles. The summed E-state index contributed by atoms with van der Waals surface area (Å²) in [6.07, 6.45) is 1.48. The maximum atomic E-state index is 11.9. The quantitative estimate of drug-likeness (QED) is 0.846. The van der Waals surface area contributed by atoms with Gasteiger partial charge in [0.25, 0.3) is 5.56 Å². The molecular weight excluding hydrogens is 294 g/mol. The molecule has 0 atom stereocenters. The van der Waals surface area contributed by atoms with E-state index in [-0.39, 0.29) is 18.2 Å². The van der Waals surface area contributed by atoms with Gasteiger partial charge in [0.2, 0.25) is 0 Å². The summed E-state index contributed by atoms with van der Waals surface area (Å²) in [7, 11) is 1.61. The van der Waals surface area contributed by atoms with Gasteiger partial charge in [-0.15, -0.1) is 0 Å². The minimum atomic E-state index is -0.426. The summed E-state index contributed by atoms with van der Waals surface area (Å²) in [6.45, 7) is 0.466. The first-order valence-corrected chi connectivity index (χ1v) is 6.76. The van der Waals surface area contributed by atoms with Crippen LogP contribution in [0.4, 0.5) is 5.69 Å². The summed E-state index contributed by atoms with van der Waals surface area (Å²) in [5.74, 6) is 0.782. The summed E-state index contributed by atoms with van der Waals surface area (Å²) < 4.78 is 6.21. The molecule has 0 radical (unpaired) electrons. The van der Waals surface area contributed by atoms with Crippen molar-refractivity contribution in [2.24, 2.45) is 0 Å². The Morgan fingerprint density at radius 1 is 1.38 bits per heavy atom. The van der Waals surface area contributed by atoms with E-state index in [4.69, 9.17) is 21.4 Å². The van der Waals surface area contributed by atoms with E-state index in [9.17, 15) is 4.79 Å². The van der Waals surface area contributed by atoms with Crippen molar-refractivity contribution in [3.63, 3.8) is 0 Å². The van der Waals surface area contributed by atoms with Gasteiger partial charge in [-0.1, -0.05) is 23.7 Å². The van der Waals surface area contributed by atoms with E-state index in [1.807, 2.05) is 24.3 Å². The average Bonchev–Trinajstić information content (AvgIpc) is 2.52. The lowest BCUT2D eigenvalue weighted by atomic mass is 10.2. The minimum absolute atomic E-state index is 0.0620. The lowest BCUT2D eigenvalue weighted by Gasteiger charge is -2.10. The summed E-state index contributed by atoms with van der Waals surface area (Å²) in [5.41, 5.74) is 1.06. The number of hydrogen-bond acceptors (Lipinski definition) is 5. The molecule has 2 N–H and O–H groups in total. The number of methoxy groups -OCH3 is 1. The first-order chi connectivity index (χ1) is 10.2. The van der Waals surface area contributed by atoms with E-state index in [0.29, 0.717) is 12.2 Å². The number of hydrogen-bond donors (Lipinski definition) is 2. The molecule has 2 rings (SSSR count). The minimum Gasteiger partial charge on any atom is -0.497 e. The van der Waals surface area contributed by atoms with Gasteiger partial charge in [0.05, 0.1) is 32.1 Å². The van der Waals surface area contributed by atoms with Gasteiger partial charge in [-0.3, -0.25) is 4.79 Å². The van der Waals surface area contributed by atoms with Crippen LogP contribution in [0.15, 0.2) is 35.3 Å². The molecule has 0 saturated heterocycles. The lowest BCUT2D eigenvalue weighted by Crippen LogP contribution is -2.25. The lowest BCUT2D eigenvalue weighted by molar-refractivity contribution is 0.266. The fourth-order valence-electron chi connectivity index (χ4n) is 1.78. The third-order valence-corrected chi connectivity index (χ3v) is 3.30. The number of nitrogens with zero attached hydrogens (tertiary/aromatic N) is 2. The van der Waals surface area contributed by atoms with Crippen LogP contribution in [0.1, 0.15) is 5.56 Å². The zero-order valence-corrected chi connectivity index (χ0v) is 12.3. The number of aliphatic hydroxyl groups excluding tert-OH is 1. The van der Waals surface area contributed by atoms with Gasteiger partial charge in [0, 0.05) is 6.54 Å². The molecule has 1 aromatic carbocycles. The molecule has 0 spiro atoms. The molecule has 0 fully saturated rings. The highest BCUT2D eigenvalue weighted by Gasteiger charge is 2.08. The zero-order chi connectivity index (χ0) is 15.2. The molecule has 21 heavy (non-hydrogen) atoms. The number of halogens is 1. The highest BCUT2D eigenvalue weighted by atomic mass is 35.5. The van der Waals surface area contributed by atoms with Crippen molar-refractivity contribution in [1.29, 1.82) is 0 Å². The van der Waals surface area contributed by atoms with Crippen molar-refractivity contribution >= 4 is 17.3 Å². The predicted molar refractivity (Wildman–Crippen MR) is 80.9 cm³/mol. The number of ether oxygens (including phenoxy) is 1. The summed E-state index contributed by atoms with van der Waals surface area (Å²) in [4.78, 5) is 11.9. The molecule has 1 aromatic heterocycles. The molecule has 0 amide bonds. The summed E-state index contributed by atoms with van der Waals surface area (Å²) in [5, 5.41) is 15.9. The molecular formula is C14H16ClN3O3. The Bertz CT molecular complexity index is 656. The second-order valence-corrected chi connectivity index (χ2v) is 4.70. The number of benzene rings is 1. The molecule has 0 aliphatic rings. The smallest absolute Gasteiger partial charge is 0.287 e. The van der Waals surface area contributed by atoms with Crippen LogP contribution in [0.5, 0.6) is 5.75 Å². The van der Waals surface area contributed by atoms with Crippen LogP contribution in [-0.2, 0) is 13.1 Å². The molecule has 6 nitrogen and oxygen atoms in total. The fraction of sp³-hybridized carbons (Fsp3) is 0.286. The van der Waals surface area contributed by atoms with E-state index in [1.165, 1.54) is 6.20 Å². The Kier molecular flexibility index (Phi) is 5.19. The molecule has 0 aliphatic heterocycles. The van der Waals surface area contributed by atoms with Crippen LogP contribution in [0.3, 0.4) is 0 Å². The van der Waals surface area contributed by atoms with Gasteiger partial charge in [-0.05, 0) is 17.7 Å². The van der Waals surface area contributed by atoms with Gasteiger partial charge < -0.3 is 15.2 Å². The van der Waals surface area contributed by atoms with Crippen molar-refractivity contribution in [3.05, 3.63) is 51.4 Å². The number of anilines is 1. The summed E-state index contributed by atoms with van der Waals surface area (Å²) in [6, 6.07) is 7.55. The van der Waals surface area contributed by atoms with Crippen molar-refractivity contribution in [2.45, 2.75) is 13.1 Å². The second kappa shape index (κ2) is 7.10. The molecule has 1 heterocycles. The molecule has 112 valence electrons. The molecule has 7 heteroatoms. The van der Waals surface area contributed by atoms with Crippen LogP contribution in [-0.4, -0.2) is 28.6 Å². The van der Waals surface area contributed by atoms with Crippen LogP contribution in [0, 0.1) is 0 Å². The number of nitrogens with one attached hydrogen (secondary N) is 1. The third-order valence-electron chi connectivity index (χ3n) is 2.94. The Morgan fingerprint density at radius 2 is 2.10 bits per heavy atom.